The molecule has 146 valence electrons. The predicted molar refractivity (Wildman–Crippen MR) is 114 cm³/mol. The molecule has 28 heavy (non-hydrogen) atoms. The second-order valence-corrected chi connectivity index (χ2v) is 7.15. The molecule has 3 aromatic rings. The first-order chi connectivity index (χ1) is 13.7. The molecule has 0 spiro atoms. The van der Waals surface area contributed by atoms with Gasteiger partial charge in [-0.05, 0) is 28.2 Å². The van der Waals surface area contributed by atoms with Crippen LogP contribution in [0.3, 0.4) is 0 Å². The van der Waals surface area contributed by atoms with E-state index in [0.717, 1.165) is 19.0 Å². The summed E-state index contributed by atoms with van der Waals surface area (Å²) in [6, 6.07) is 17.1. The fourth-order valence-corrected chi connectivity index (χ4v) is 2.95. The van der Waals surface area contributed by atoms with Crippen molar-refractivity contribution in [3.05, 3.63) is 72.3 Å². The van der Waals surface area contributed by atoms with Crippen LogP contribution in [0.25, 0.3) is 11.1 Å². The molecule has 0 atom stereocenters. The van der Waals surface area contributed by atoms with Gasteiger partial charge in [0.15, 0.2) is 5.96 Å². The van der Waals surface area contributed by atoms with E-state index < -0.39 is 0 Å². The van der Waals surface area contributed by atoms with E-state index in [2.05, 4.69) is 88.1 Å². The fraction of sp³-hybridized carbons (Fsp3) is 0.318. The van der Waals surface area contributed by atoms with E-state index in [4.69, 9.17) is 0 Å². The topological polar surface area (TPSA) is 67.1 Å². The van der Waals surface area contributed by atoms with Gasteiger partial charge in [-0.15, -0.1) is 0 Å². The summed E-state index contributed by atoms with van der Waals surface area (Å²) < 4.78 is 1.82. The summed E-state index contributed by atoms with van der Waals surface area (Å²) in [6.45, 7) is 6.70. The van der Waals surface area contributed by atoms with Gasteiger partial charge in [0.1, 0.15) is 12.7 Å². The molecule has 2 aromatic carbocycles. The molecule has 6 heteroatoms. The molecule has 0 unspecified atom stereocenters. The Hall–Kier alpha value is -3.15. The van der Waals surface area contributed by atoms with Crippen molar-refractivity contribution in [1.29, 1.82) is 0 Å². The zero-order valence-electron chi connectivity index (χ0n) is 16.8. The molecular weight excluding hydrogens is 348 g/mol. The number of guanidine groups is 1. The number of benzene rings is 2. The van der Waals surface area contributed by atoms with Crippen LogP contribution in [0.15, 0.2) is 66.2 Å². The van der Waals surface area contributed by atoms with Crippen molar-refractivity contribution < 1.29 is 0 Å². The summed E-state index contributed by atoms with van der Waals surface area (Å²) >= 11 is 0. The van der Waals surface area contributed by atoms with E-state index in [1.807, 2.05) is 4.68 Å². The molecule has 2 N–H and O–H groups in total. The third-order valence-electron chi connectivity index (χ3n) is 4.44. The zero-order valence-corrected chi connectivity index (χ0v) is 16.8. The molecule has 1 aromatic heterocycles. The first-order valence-electron chi connectivity index (χ1n) is 9.60. The van der Waals surface area contributed by atoms with Crippen LogP contribution in [0, 0.1) is 5.92 Å². The van der Waals surface area contributed by atoms with E-state index >= 15 is 0 Å². The first kappa shape index (κ1) is 19.6. The van der Waals surface area contributed by atoms with Crippen LogP contribution in [0.5, 0.6) is 0 Å². The average Bonchev–Trinajstić information content (AvgIpc) is 3.22. The van der Waals surface area contributed by atoms with Crippen LogP contribution in [-0.4, -0.2) is 34.3 Å². The van der Waals surface area contributed by atoms with Crippen molar-refractivity contribution in [1.82, 2.24) is 25.4 Å². The van der Waals surface area contributed by atoms with Gasteiger partial charge in [-0.2, -0.15) is 5.10 Å². The molecular formula is C22H28N6. The molecule has 0 aliphatic heterocycles. The molecule has 0 radical (unpaired) electrons. The standard InChI is InChI=1S/C22H28N6/c1-17(2)12-25-22(23-3)26-13-20-6-4-5-7-21(20)19-10-8-18(9-11-19)14-28-16-24-15-27-28/h4-11,15-17H,12-14H2,1-3H3,(H2,23,25,26). The van der Waals surface area contributed by atoms with Gasteiger partial charge in [-0.3, -0.25) is 4.99 Å². The molecule has 0 amide bonds. The Balaban J connectivity index is 1.69. The number of hydrogen-bond acceptors (Lipinski definition) is 3. The van der Waals surface area contributed by atoms with Gasteiger partial charge >= 0.3 is 0 Å². The highest BCUT2D eigenvalue weighted by atomic mass is 15.3. The molecule has 0 aliphatic carbocycles. The average molecular weight is 377 g/mol. The molecule has 0 aliphatic rings. The van der Waals surface area contributed by atoms with Crippen molar-refractivity contribution in [2.24, 2.45) is 10.9 Å². The van der Waals surface area contributed by atoms with Crippen molar-refractivity contribution >= 4 is 5.96 Å². The fourth-order valence-electron chi connectivity index (χ4n) is 2.95. The quantitative estimate of drug-likeness (QED) is 0.490. The SMILES string of the molecule is CN=C(NCc1ccccc1-c1ccc(Cn2cncn2)cc1)NCC(C)C. The van der Waals surface area contributed by atoms with Gasteiger partial charge in [0.25, 0.3) is 0 Å². The predicted octanol–water partition coefficient (Wildman–Crippen LogP) is 3.31. The lowest BCUT2D eigenvalue weighted by atomic mass is 9.98. The Morgan fingerprint density at radius 2 is 1.86 bits per heavy atom. The monoisotopic (exact) mass is 376 g/mol. The molecule has 3 rings (SSSR count). The third kappa shape index (κ3) is 5.42. The Labute approximate surface area is 166 Å². The summed E-state index contributed by atoms with van der Waals surface area (Å²) in [7, 11) is 1.80. The zero-order chi connectivity index (χ0) is 19.8. The third-order valence-corrected chi connectivity index (χ3v) is 4.44. The highest BCUT2D eigenvalue weighted by molar-refractivity contribution is 5.80. The minimum atomic E-state index is 0.571. The van der Waals surface area contributed by atoms with Crippen molar-refractivity contribution in [3.8, 4) is 11.1 Å². The van der Waals surface area contributed by atoms with Gasteiger partial charge in [-0.25, -0.2) is 9.67 Å². The lowest BCUT2D eigenvalue weighted by molar-refractivity contribution is 0.614. The number of nitrogens with zero attached hydrogens (tertiary/aromatic N) is 4. The van der Waals surface area contributed by atoms with Gasteiger partial charge in [0, 0.05) is 20.1 Å². The Morgan fingerprint density at radius 1 is 1.07 bits per heavy atom. The normalized spacial score (nSPS) is 11.6. The van der Waals surface area contributed by atoms with Crippen molar-refractivity contribution in [3.63, 3.8) is 0 Å². The second-order valence-electron chi connectivity index (χ2n) is 7.15. The molecule has 6 nitrogen and oxygen atoms in total. The summed E-state index contributed by atoms with van der Waals surface area (Å²) in [5, 5.41) is 10.9. The highest BCUT2D eigenvalue weighted by Crippen LogP contribution is 2.24. The minimum Gasteiger partial charge on any atom is -0.356 e. The van der Waals surface area contributed by atoms with Crippen molar-refractivity contribution in [2.75, 3.05) is 13.6 Å². The van der Waals surface area contributed by atoms with Gasteiger partial charge in [-0.1, -0.05) is 62.4 Å². The first-order valence-corrected chi connectivity index (χ1v) is 9.60. The van der Waals surface area contributed by atoms with Gasteiger partial charge in [0.2, 0.25) is 0 Å². The van der Waals surface area contributed by atoms with E-state index in [1.54, 1.807) is 19.7 Å². The van der Waals surface area contributed by atoms with E-state index in [1.165, 1.54) is 22.3 Å². The maximum absolute atomic E-state index is 4.31. The lowest BCUT2D eigenvalue weighted by Gasteiger charge is -2.15. The van der Waals surface area contributed by atoms with E-state index in [0.29, 0.717) is 12.5 Å². The van der Waals surface area contributed by atoms with Crippen LogP contribution in [0.2, 0.25) is 0 Å². The van der Waals surface area contributed by atoms with Crippen LogP contribution >= 0.6 is 0 Å². The molecule has 1 heterocycles. The molecule has 0 fully saturated rings. The minimum absolute atomic E-state index is 0.571. The van der Waals surface area contributed by atoms with Crippen LogP contribution in [-0.2, 0) is 13.1 Å². The maximum Gasteiger partial charge on any atom is 0.191 e. The second kappa shape index (κ2) is 9.69. The molecule has 0 bridgehead atoms. The van der Waals surface area contributed by atoms with Crippen molar-refractivity contribution in [2.45, 2.75) is 26.9 Å². The number of aliphatic imine (C=N–C) groups is 1. The smallest absolute Gasteiger partial charge is 0.191 e. The summed E-state index contributed by atoms with van der Waals surface area (Å²) in [5.41, 5.74) is 4.86. The summed E-state index contributed by atoms with van der Waals surface area (Å²) in [6.07, 6.45) is 3.29. The maximum atomic E-state index is 4.31. The summed E-state index contributed by atoms with van der Waals surface area (Å²) in [5.74, 6) is 1.40. The van der Waals surface area contributed by atoms with E-state index in [-0.39, 0.29) is 0 Å². The van der Waals surface area contributed by atoms with Gasteiger partial charge < -0.3 is 10.6 Å². The highest BCUT2D eigenvalue weighted by Gasteiger charge is 2.07. The van der Waals surface area contributed by atoms with Gasteiger partial charge in [0.05, 0.1) is 6.54 Å². The number of hydrogen-bond donors (Lipinski definition) is 2. The molecule has 0 saturated heterocycles. The van der Waals surface area contributed by atoms with Crippen LogP contribution < -0.4 is 10.6 Å². The number of rotatable bonds is 7. The largest absolute Gasteiger partial charge is 0.356 e. The number of nitrogens with one attached hydrogen (secondary N) is 2. The Bertz CT molecular complexity index is 882. The molecule has 0 saturated carbocycles. The van der Waals surface area contributed by atoms with E-state index in [9.17, 15) is 0 Å². The van der Waals surface area contributed by atoms with Crippen LogP contribution in [0.1, 0.15) is 25.0 Å². The lowest BCUT2D eigenvalue weighted by Crippen LogP contribution is -2.38. The summed E-state index contributed by atoms with van der Waals surface area (Å²) in [4.78, 5) is 8.30. The van der Waals surface area contributed by atoms with Crippen LogP contribution in [0.4, 0.5) is 0 Å². The Morgan fingerprint density at radius 3 is 2.54 bits per heavy atom. The number of aromatic nitrogens is 3. The Kier molecular flexibility index (Phi) is 6.78.